The average molecular weight is 328 g/mol. The fourth-order valence-electron chi connectivity index (χ4n) is 2.24. The number of amides is 1. The maximum atomic E-state index is 10.8. The molecule has 0 spiro atoms. The smallest absolute Gasteiger partial charge is 0.243 e. The first kappa shape index (κ1) is 24.4. The molecule has 0 rings (SSSR count). The first-order chi connectivity index (χ1) is 11.2. The molecule has 0 saturated carbocycles. The van der Waals surface area contributed by atoms with E-state index in [9.17, 15) is 4.79 Å². The van der Waals surface area contributed by atoms with Crippen molar-refractivity contribution in [3.63, 3.8) is 0 Å². The van der Waals surface area contributed by atoms with E-state index in [-0.39, 0.29) is 5.91 Å². The van der Waals surface area contributed by atoms with Crippen LogP contribution in [-0.4, -0.2) is 11.1 Å². The first-order valence-corrected chi connectivity index (χ1v) is 9.80. The van der Waals surface area contributed by atoms with Crippen molar-refractivity contribution in [2.24, 2.45) is 0 Å². The van der Waals surface area contributed by atoms with E-state index in [4.69, 9.17) is 5.21 Å². The number of hydroxylamine groups is 1. The van der Waals surface area contributed by atoms with E-state index in [1.54, 1.807) is 5.48 Å². The Morgan fingerprint density at radius 1 is 0.783 bits per heavy atom. The molecule has 0 unspecified atom stereocenters. The summed E-state index contributed by atoms with van der Waals surface area (Å²) < 4.78 is 0. The van der Waals surface area contributed by atoms with Gasteiger partial charge in [-0.25, -0.2) is 5.48 Å². The Morgan fingerprint density at radius 2 is 1.22 bits per heavy atom. The largest absolute Gasteiger partial charge is 0.289 e. The molecular formula is C20H41NO2. The summed E-state index contributed by atoms with van der Waals surface area (Å²) in [6, 6.07) is 0. The second kappa shape index (κ2) is 23.4. The molecule has 0 saturated heterocycles. The Hall–Kier alpha value is -0.830. The normalized spacial score (nSPS) is 10.4. The van der Waals surface area contributed by atoms with Gasteiger partial charge in [0.1, 0.15) is 0 Å². The summed E-state index contributed by atoms with van der Waals surface area (Å²) in [5, 5.41) is 8.33. The second-order valence-electron chi connectivity index (χ2n) is 6.22. The van der Waals surface area contributed by atoms with Crippen LogP contribution in [0.3, 0.4) is 0 Å². The molecule has 0 radical (unpaired) electrons. The van der Waals surface area contributed by atoms with Gasteiger partial charge in [0.25, 0.3) is 0 Å². The van der Waals surface area contributed by atoms with E-state index < -0.39 is 0 Å². The molecule has 23 heavy (non-hydrogen) atoms. The van der Waals surface area contributed by atoms with Crippen molar-refractivity contribution in [1.82, 2.24) is 5.48 Å². The Bertz CT molecular complexity index is 252. The van der Waals surface area contributed by atoms with Gasteiger partial charge in [-0.15, -0.1) is 0 Å². The van der Waals surface area contributed by atoms with Gasteiger partial charge in [-0.2, -0.15) is 0 Å². The molecule has 3 heteroatoms. The monoisotopic (exact) mass is 327 g/mol. The van der Waals surface area contributed by atoms with Crippen LogP contribution in [0.15, 0.2) is 12.2 Å². The molecule has 0 aliphatic rings. The van der Waals surface area contributed by atoms with Crippen LogP contribution < -0.4 is 5.48 Å². The fraction of sp³-hybridized carbons (Fsp3) is 0.850. The van der Waals surface area contributed by atoms with E-state index in [2.05, 4.69) is 32.9 Å². The van der Waals surface area contributed by atoms with Crippen molar-refractivity contribution in [3.8, 4) is 0 Å². The van der Waals surface area contributed by atoms with Gasteiger partial charge in [0.15, 0.2) is 0 Å². The van der Waals surface area contributed by atoms with Gasteiger partial charge in [0.05, 0.1) is 0 Å². The van der Waals surface area contributed by atoms with Crippen LogP contribution in [0.1, 0.15) is 111 Å². The molecule has 1 amide bonds. The van der Waals surface area contributed by atoms with E-state index in [0.29, 0.717) is 6.42 Å². The highest BCUT2D eigenvalue weighted by Gasteiger charge is 1.97. The average Bonchev–Trinajstić information content (AvgIpc) is 2.55. The number of nitrogens with one attached hydrogen (secondary N) is 1. The third kappa shape index (κ3) is 26.4. The SMILES string of the molecule is CCC.CCCCCCC/C=C\CCCCCCCC(=O)NO. The second-order valence-corrected chi connectivity index (χ2v) is 6.22. The zero-order chi connectivity index (χ0) is 17.6. The molecule has 3 nitrogen and oxygen atoms in total. The topological polar surface area (TPSA) is 49.3 Å². The number of rotatable bonds is 14. The van der Waals surface area contributed by atoms with Gasteiger partial charge in [-0.3, -0.25) is 10.0 Å². The van der Waals surface area contributed by atoms with Crippen LogP contribution >= 0.6 is 0 Å². The number of allylic oxidation sites excluding steroid dienone is 2. The van der Waals surface area contributed by atoms with Crippen molar-refractivity contribution < 1.29 is 10.0 Å². The molecule has 0 aromatic heterocycles. The summed E-state index contributed by atoms with van der Waals surface area (Å²) in [4.78, 5) is 10.8. The molecule has 0 aliphatic heterocycles. The number of carbonyl (C=O) groups is 1. The molecule has 0 atom stereocenters. The van der Waals surface area contributed by atoms with E-state index in [1.807, 2.05) is 0 Å². The molecule has 0 aromatic rings. The molecule has 0 aliphatic carbocycles. The lowest BCUT2D eigenvalue weighted by molar-refractivity contribution is -0.129. The van der Waals surface area contributed by atoms with Crippen molar-refractivity contribution in [2.75, 3.05) is 0 Å². The van der Waals surface area contributed by atoms with Crippen LogP contribution in [0.25, 0.3) is 0 Å². The van der Waals surface area contributed by atoms with Gasteiger partial charge < -0.3 is 0 Å². The third-order valence-electron chi connectivity index (χ3n) is 3.54. The molecule has 0 bridgehead atoms. The number of unbranched alkanes of at least 4 members (excludes halogenated alkanes) is 10. The van der Waals surface area contributed by atoms with Gasteiger partial charge in [0, 0.05) is 6.42 Å². The molecule has 0 aromatic carbocycles. The third-order valence-corrected chi connectivity index (χ3v) is 3.54. The fourth-order valence-corrected chi connectivity index (χ4v) is 2.24. The maximum absolute atomic E-state index is 10.8. The predicted molar refractivity (Wildman–Crippen MR) is 101 cm³/mol. The molecule has 0 heterocycles. The van der Waals surface area contributed by atoms with Crippen molar-refractivity contribution in [1.29, 1.82) is 0 Å². The van der Waals surface area contributed by atoms with Gasteiger partial charge in [0.2, 0.25) is 5.91 Å². The Labute approximate surface area is 144 Å². The van der Waals surface area contributed by atoms with Gasteiger partial charge in [-0.1, -0.05) is 84.3 Å². The first-order valence-electron chi connectivity index (χ1n) is 9.80. The van der Waals surface area contributed by atoms with Crippen LogP contribution in [0.4, 0.5) is 0 Å². The van der Waals surface area contributed by atoms with E-state index >= 15 is 0 Å². The lowest BCUT2D eigenvalue weighted by Crippen LogP contribution is -2.17. The van der Waals surface area contributed by atoms with Gasteiger partial charge >= 0.3 is 0 Å². The van der Waals surface area contributed by atoms with Crippen molar-refractivity contribution in [3.05, 3.63) is 12.2 Å². The zero-order valence-corrected chi connectivity index (χ0v) is 15.9. The van der Waals surface area contributed by atoms with Crippen LogP contribution in [-0.2, 0) is 4.79 Å². The molecule has 0 fully saturated rings. The minimum Gasteiger partial charge on any atom is -0.289 e. The summed E-state index contributed by atoms with van der Waals surface area (Å²) in [5.74, 6) is -0.271. The predicted octanol–water partition coefficient (Wildman–Crippen LogP) is 6.56. The van der Waals surface area contributed by atoms with Crippen molar-refractivity contribution >= 4 is 5.91 Å². The number of hydrogen-bond acceptors (Lipinski definition) is 2. The van der Waals surface area contributed by atoms with Gasteiger partial charge in [-0.05, 0) is 32.1 Å². The summed E-state index contributed by atoms with van der Waals surface area (Å²) in [6.07, 6.45) is 21.2. The molecular weight excluding hydrogens is 286 g/mol. The summed E-state index contributed by atoms with van der Waals surface area (Å²) in [7, 11) is 0. The molecule has 2 N–H and O–H groups in total. The van der Waals surface area contributed by atoms with Crippen LogP contribution in [0.5, 0.6) is 0 Å². The number of hydrogen-bond donors (Lipinski definition) is 2. The Kier molecular flexibility index (Phi) is 24.9. The zero-order valence-electron chi connectivity index (χ0n) is 15.9. The van der Waals surface area contributed by atoms with Crippen LogP contribution in [0, 0.1) is 0 Å². The maximum Gasteiger partial charge on any atom is 0.243 e. The minimum absolute atomic E-state index is 0.271. The highest BCUT2D eigenvalue weighted by Crippen LogP contribution is 2.09. The standard InChI is InChI=1S/C17H33NO2.C3H8/c1-2-3-4-5-6-7-8-9-10-11-12-13-14-15-16-17(19)18-20;1-3-2/h8-9,20H,2-7,10-16H2,1H3,(H,18,19);3H2,1-2H3/b9-8-;. The van der Waals surface area contributed by atoms with Crippen molar-refractivity contribution in [2.45, 2.75) is 111 Å². The van der Waals surface area contributed by atoms with Crippen LogP contribution in [0.2, 0.25) is 0 Å². The minimum atomic E-state index is -0.271. The summed E-state index contributed by atoms with van der Waals surface area (Å²) in [5.41, 5.74) is 1.66. The lowest BCUT2D eigenvalue weighted by atomic mass is 10.1. The Morgan fingerprint density at radius 3 is 1.70 bits per heavy atom. The highest BCUT2D eigenvalue weighted by molar-refractivity contribution is 5.74. The lowest BCUT2D eigenvalue weighted by Gasteiger charge is -2.00. The van der Waals surface area contributed by atoms with E-state index in [1.165, 1.54) is 70.6 Å². The van der Waals surface area contributed by atoms with E-state index in [0.717, 1.165) is 12.8 Å². The molecule has 138 valence electrons. The summed E-state index contributed by atoms with van der Waals surface area (Å²) >= 11 is 0. The summed E-state index contributed by atoms with van der Waals surface area (Å²) in [6.45, 7) is 6.50. The quantitative estimate of drug-likeness (QED) is 0.164. The Balaban J connectivity index is 0. The number of carbonyl (C=O) groups excluding carboxylic acids is 1. The highest BCUT2D eigenvalue weighted by atomic mass is 16.5.